The van der Waals surface area contributed by atoms with Gasteiger partial charge in [0.05, 0.1) is 16.0 Å². The van der Waals surface area contributed by atoms with Gasteiger partial charge < -0.3 is 4.74 Å². The van der Waals surface area contributed by atoms with Gasteiger partial charge in [0.15, 0.2) is 0 Å². The summed E-state index contributed by atoms with van der Waals surface area (Å²) in [4.78, 5) is 22.5. The summed E-state index contributed by atoms with van der Waals surface area (Å²) < 4.78 is 5.45. The molecule has 8 nitrogen and oxygen atoms in total. The van der Waals surface area contributed by atoms with E-state index in [0.29, 0.717) is 16.8 Å². The Labute approximate surface area is 123 Å². The van der Waals surface area contributed by atoms with Crippen molar-refractivity contribution in [3.63, 3.8) is 0 Å². The van der Waals surface area contributed by atoms with Gasteiger partial charge in [0.2, 0.25) is 0 Å². The molecule has 2 heterocycles. The molecule has 0 fully saturated rings. The average molecular weight is 293 g/mol. The van der Waals surface area contributed by atoms with E-state index in [2.05, 4.69) is 15.0 Å². The SMILES string of the molecule is N#Cc1ccnc(Oc2ccc3nccnc3c2)c1[N+](=O)[O-]. The number of nitriles is 1. The van der Waals surface area contributed by atoms with Crippen LogP contribution in [0.25, 0.3) is 11.0 Å². The first-order valence-electron chi connectivity index (χ1n) is 6.11. The Kier molecular flexibility index (Phi) is 3.29. The largest absolute Gasteiger partial charge is 0.434 e. The van der Waals surface area contributed by atoms with E-state index in [4.69, 9.17) is 10.00 Å². The van der Waals surface area contributed by atoms with Crippen LogP contribution in [0.15, 0.2) is 42.9 Å². The van der Waals surface area contributed by atoms with Crippen LogP contribution in [-0.4, -0.2) is 19.9 Å². The Morgan fingerprint density at radius 1 is 1.09 bits per heavy atom. The molecule has 3 aromatic rings. The minimum absolute atomic E-state index is 0.115. The molecule has 2 aromatic heterocycles. The zero-order valence-corrected chi connectivity index (χ0v) is 11.0. The number of fused-ring (bicyclic) bond motifs is 1. The van der Waals surface area contributed by atoms with Crippen molar-refractivity contribution in [2.75, 3.05) is 0 Å². The van der Waals surface area contributed by atoms with E-state index in [0.717, 1.165) is 0 Å². The quantitative estimate of drug-likeness (QED) is 0.538. The Morgan fingerprint density at radius 3 is 2.59 bits per heavy atom. The van der Waals surface area contributed by atoms with E-state index >= 15 is 0 Å². The number of aromatic nitrogens is 3. The molecule has 1 aromatic carbocycles. The summed E-state index contributed by atoms with van der Waals surface area (Å²) in [7, 11) is 0. The lowest BCUT2D eigenvalue weighted by Gasteiger charge is -2.06. The molecule has 0 aliphatic rings. The molecular weight excluding hydrogens is 286 g/mol. The standard InChI is InChI=1S/C14H7N5O3/c15-8-9-3-4-18-14(13(9)19(20)21)22-10-1-2-11-12(7-10)17-6-5-16-11/h1-7H. The molecular formula is C14H7N5O3. The highest BCUT2D eigenvalue weighted by molar-refractivity contribution is 5.75. The minimum Gasteiger partial charge on any atom is -0.434 e. The molecule has 0 saturated heterocycles. The molecule has 22 heavy (non-hydrogen) atoms. The zero-order valence-electron chi connectivity index (χ0n) is 11.0. The number of nitrogens with zero attached hydrogens (tertiary/aromatic N) is 5. The second-order valence-corrected chi connectivity index (χ2v) is 4.19. The lowest BCUT2D eigenvalue weighted by Crippen LogP contribution is -1.99. The van der Waals surface area contributed by atoms with Gasteiger partial charge in [0.25, 0.3) is 0 Å². The fourth-order valence-corrected chi connectivity index (χ4v) is 1.89. The summed E-state index contributed by atoms with van der Waals surface area (Å²) in [6.07, 6.45) is 4.37. The fraction of sp³-hybridized carbons (Fsp3) is 0. The first kappa shape index (κ1) is 13.4. The van der Waals surface area contributed by atoms with Crippen molar-refractivity contribution in [1.82, 2.24) is 15.0 Å². The maximum atomic E-state index is 11.1. The van der Waals surface area contributed by atoms with Gasteiger partial charge in [0, 0.05) is 24.7 Å². The van der Waals surface area contributed by atoms with Gasteiger partial charge in [-0.2, -0.15) is 5.26 Å². The lowest BCUT2D eigenvalue weighted by molar-refractivity contribution is -0.386. The predicted molar refractivity (Wildman–Crippen MR) is 75.2 cm³/mol. The molecule has 0 aliphatic heterocycles. The molecule has 3 rings (SSSR count). The summed E-state index contributed by atoms with van der Waals surface area (Å²) in [5.41, 5.74) is 0.669. The Balaban J connectivity index is 2.05. The number of nitro groups is 1. The van der Waals surface area contributed by atoms with Gasteiger partial charge >= 0.3 is 11.6 Å². The van der Waals surface area contributed by atoms with Crippen LogP contribution >= 0.6 is 0 Å². The summed E-state index contributed by atoms with van der Waals surface area (Å²) in [5.74, 6) is 0.0750. The van der Waals surface area contributed by atoms with Gasteiger partial charge in [-0.15, -0.1) is 0 Å². The van der Waals surface area contributed by atoms with Crippen LogP contribution in [-0.2, 0) is 0 Å². The zero-order chi connectivity index (χ0) is 15.5. The molecule has 0 radical (unpaired) electrons. The highest BCUT2D eigenvalue weighted by Crippen LogP contribution is 2.32. The second-order valence-electron chi connectivity index (χ2n) is 4.19. The smallest absolute Gasteiger partial charge is 0.348 e. The van der Waals surface area contributed by atoms with Gasteiger partial charge in [-0.25, -0.2) is 4.98 Å². The van der Waals surface area contributed by atoms with Gasteiger partial charge in [-0.05, 0) is 18.2 Å². The number of ether oxygens (including phenoxy) is 1. The van der Waals surface area contributed by atoms with Crippen LogP contribution in [0.1, 0.15) is 5.56 Å². The molecule has 0 saturated carbocycles. The van der Waals surface area contributed by atoms with E-state index in [-0.39, 0.29) is 11.4 Å². The highest BCUT2D eigenvalue weighted by Gasteiger charge is 2.23. The van der Waals surface area contributed by atoms with Crippen LogP contribution in [0, 0.1) is 21.4 Å². The van der Waals surface area contributed by atoms with Crippen molar-refractivity contribution >= 4 is 16.7 Å². The first-order chi connectivity index (χ1) is 10.7. The van der Waals surface area contributed by atoms with E-state index in [9.17, 15) is 10.1 Å². The minimum atomic E-state index is -0.693. The Bertz CT molecular complexity index is 920. The van der Waals surface area contributed by atoms with Crippen molar-refractivity contribution in [2.45, 2.75) is 0 Å². The molecule has 0 atom stereocenters. The molecule has 0 aliphatic carbocycles. The Hall–Kier alpha value is -3.60. The summed E-state index contributed by atoms with van der Waals surface area (Å²) in [5, 5.41) is 20.1. The van der Waals surface area contributed by atoms with Crippen LogP contribution in [0.3, 0.4) is 0 Å². The fourth-order valence-electron chi connectivity index (χ4n) is 1.89. The van der Waals surface area contributed by atoms with E-state index in [1.807, 2.05) is 0 Å². The third kappa shape index (κ3) is 2.38. The number of rotatable bonds is 3. The van der Waals surface area contributed by atoms with Gasteiger partial charge in [-0.1, -0.05) is 0 Å². The normalized spacial score (nSPS) is 10.1. The molecule has 8 heteroatoms. The van der Waals surface area contributed by atoms with E-state index < -0.39 is 10.6 Å². The van der Waals surface area contributed by atoms with Gasteiger partial charge in [-0.3, -0.25) is 20.1 Å². The van der Waals surface area contributed by atoms with Crippen LogP contribution < -0.4 is 4.74 Å². The van der Waals surface area contributed by atoms with Crippen molar-refractivity contribution in [3.8, 4) is 17.7 Å². The maximum Gasteiger partial charge on any atom is 0.348 e. The maximum absolute atomic E-state index is 11.1. The molecule has 106 valence electrons. The average Bonchev–Trinajstić information content (AvgIpc) is 2.54. The molecule has 0 spiro atoms. The van der Waals surface area contributed by atoms with Crippen LogP contribution in [0.4, 0.5) is 5.69 Å². The second kappa shape index (κ2) is 5.41. The highest BCUT2D eigenvalue weighted by atomic mass is 16.6. The molecule has 0 bridgehead atoms. The first-order valence-corrected chi connectivity index (χ1v) is 6.11. The van der Waals surface area contributed by atoms with Crippen molar-refractivity contribution in [3.05, 3.63) is 58.5 Å². The number of benzene rings is 1. The molecule has 0 unspecified atom stereocenters. The van der Waals surface area contributed by atoms with Gasteiger partial charge in [0.1, 0.15) is 17.4 Å². The van der Waals surface area contributed by atoms with E-state index in [1.54, 1.807) is 30.5 Å². The van der Waals surface area contributed by atoms with Crippen LogP contribution in [0.5, 0.6) is 11.6 Å². The number of pyridine rings is 1. The molecule has 0 N–H and O–H groups in total. The summed E-state index contributed by atoms with van der Waals surface area (Å²) >= 11 is 0. The topological polar surface area (TPSA) is 115 Å². The molecule has 0 amide bonds. The third-order valence-corrected chi connectivity index (χ3v) is 2.85. The predicted octanol–water partition coefficient (Wildman–Crippen LogP) is 2.60. The lowest BCUT2D eigenvalue weighted by atomic mass is 10.2. The summed E-state index contributed by atoms with van der Waals surface area (Å²) in [6, 6.07) is 7.88. The monoisotopic (exact) mass is 293 g/mol. The Morgan fingerprint density at radius 2 is 1.86 bits per heavy atom. The van der Waals surface area contributed by atoms with Crippen molar-refractivity contribution < 1.29 is 9.66 Å². The summed E-state index contributed by atoms with van der Waals surface area (Å²) in [6.45, 7) is 0. The van der Waals surface area contributed by atoms with Crippen LogP contribution in [0.2, 0.25) is 0 Å². The van der Waals surface area contributed by atoms with Crippen molar-refractivity contribution in [1.29, 1.82) is 5.26 Å². The van der Waals surface area contributed by atoms with Crippen molar-refractivity contribution in [2.24, 2.45) is 0 Å². The number of hydrogen-bond acceptors (Lipinski definition) is 7. The third-order valence-electron chi connectivity index (χ3n) is 2.85. The van der Waals surface area contributed by atoms with E-state index in [1.165, 1.54) is 18.5 Å². The number of hydrogen-bond donors (Lipinski definition) is 0.